The van der Waals surface area contributed by atoms with Gasteiger partial charge in [-0.3, -0.25) is 4.72 Å². The molecule has 0 radical (unpaired) electrons. The Morgan fingerprint density at radius 2 is 1.89 bits per heavy atom. The summed E-state index contributed by atoms with van der Waals surface area (Å²) in [7, 11) is -1.71. The van der Waals surface area contributed by atoms with Crippen LogP contribution >= 0.6 is 0 Å². The fourth-order valence-corrected chi connectivity index (χ4v) is 4.61. The predicted molar refractivity (Wildman–Crippen MR) is 116 cm³/mol. The minimum absolute atomic E-state index is 0.0925. The van der Waals surface area contributed by atoms with Crippen LogP contribution in [0.15, 0.2) is 42.5 Å². The molecule has 3 N–H and O–H groups in total. The van der Waals surface area contributed by atoms with Gasteiger partial charge in [0.1, 0.15) is 5.75 Å². The second-order valence-corrected chi connectivity index (χ2v) is 8.64. The lowest BCUT2D eigenvalue weighted by atomic mass is 10.1. The molecule has 2 aromatic carbocycles. The minimum Gasteiger partial charge on any atom is -0.497 e. The highest BCUT2D eigenvalue weighted by molar-refractivity contribution is 7.92. The third-order valence-electron chi connectivity index (χ3n) is 4.64. The van der Waals surface area contributed by atoms with E-state index in [1.807, 2.05) is 43.3 Å². The second kappa shape index (κ2) is 8.14. The number of nitrogens with zero attached hydrogens (tertiary/aromatic N) is 1. The number of nitrogen functional groups attached to an aromatic ring is 1. The molecule has 0 aliphatic heterocycles. The van der Waals surface area contributed by atoms with Gasteiger partial charge in [-0.2, -0.15) is 0 Å². The van der Waals surface area contributed by atoms with E-state index < -0.39 is 10.0 Å². The molecule has 7 heteroatoms. The molecule has 1 aromatic heterocycles. The number of nitrogens with one attached hydrogen (secondary N) is 1. The number of hydrogen-bond donors (Lipinski definition) is 2. The molecule has 0 atom stereocenters. The summed E-state index contributed by atoms with van der Waals surface area (Å²) in [5.41, 5.74) is 10.5. The summed E-state index contributed by atoms with van der Waals surface area (Å²) in [5, 5.41) is 0.959. The Balaban J connectivity index is 2.14. The molecule has 6 nitrogen and oxygen atoms in total. The Kier molecular flexibility index (Phi) is 5.84. The maximum Gasteiger partial charge on any atom is 0.232 e. The van der Waals surface area contributed by atoms with Crippen molar-refractivity contribution < 1.29 is 13.2 Å². The number of rotatable bonds is 8. The van der Waals surface area contributed by atoms with Crippen LogP contribution in [0.3, 0.4) is 0 Å². The average molecular weight is 402 g/mol. The number of hydrogen-bond acceptors (Lipinski definition) is 4. The quantitative estimate of drug-likeness (QED) is 0.583. The number of sulfonamides is 1. The highest BCUT2D eigenvalue weighted by Gasteiger charge is 2.18. The van der Waals surface area contributed by atoms with Crippen LogP contribution in [0.5, 0.6) is 5.75 Å². The summed E-state index contributed by atoms with van der Waals surface area (Å²) in [6.07, 6.45) is 1.50. The normalized spacial score (nSPS) is 11.7. The molecule has 1 heterocycles. The monoisotopic (exact) mass is 401 g/mol. The van der Waals surface area contributed by atoms with Gasteiger partial charge in [0, 0.05) is 29.2 Å². The van der Waals surface area contributed by atoms with Crippen molar-refractivity contribution >= 4 is 32.3 Å². The van der Waals surface area contributed by atoms with Crippen molar-refractivity contribution in [2.24, 2.45) is 0 Å². The summed E-state index contributed by atoms with van der Waals surface area (Å²) in [6, 6.07) is 13.2. The lowest BCUT2D eigenvalue weighted by molar-refractivity contribution is 0.415. The molecule has 28 heavy (non-hydrogen) atoms. The van der Waals surface area contributed by atoms with Crippen molar-refractivity contribution in [2.75, 3.05) is 23.3 Å². The number of methoxy groups -OCH3 is 1. The van der Waals surface area contributed by atoms with Crippen LogP contribution in [0.1, 0.15) is 26.7 Å². The number of benzene rings is 2. The van der Waals surface area contributed by atoms with Crippen molar-refractivity contribution in [3.63, 3.8) is 0 Å². The Hall–Kier alpha value is -2.67. The highest BCUT2D eigenvalue weighted by atomic mass is 32.2. The van der Waals surface area contributed by atoms with E-state index in [0.29, 0.717) is 17.8 Å². The molecule has 3 aromatic rings. The summed E-state index contributed by atoms with van der Waals surface area (Å²) in [4.78, 5) is 0. The Bertz CT molecular complexity index is 1090. The van der Waals surface area contributed by atoms with E-state index in [0.717, 1.165) is 40.9 Å². The van der Waals surface area contributed by atoms with Crippen molar-refractivity contribution in [1.29, 1.82) is 0 Å². The van der Waals surface area contributed by atoms with Gasteiger partial charge in [0.25, 0.3) is 0 Å². The molecular weight excluding hydrogens is 374 g/mol. The minimum atomic E-state index is -3.35. The van der Waals surface area contributed by atoms with E-state index in [1.165, 1.54) is 0 Å². The Labute approximate surface area is 166 Å². The van der Waals surface area contributed by atoms with Crippen LogP contribution in [0.4, 0.5) is 11.4 Å². The summed E-state index contributed by atoms with van der Waals surface area (Å²) in [5.74, 6) is 0.866. The van der Waals surface area contributed by atoms with Gasteiger partial charge < -0.3 is 15.0 Å². The molecular formula is C21H27N3O3S. The number of aromatic nitrogens is 1. The predicted octanol–water partition coefficient (Wildman–Crippen LogP) is 4.46. The molecule has 0 bridgehead atoms. The van der Waals surface area contributed by atoms with Crippen LogP contribution in [-0.4, -0.2) is 25.8 Å². The van der Waals surface area contributed by atoms with Crippen LogP contribution in [-0.2, 0) is 16.6 Å². The van der Waals surface area contributed by atoms with Gasteiger partial charge in [-0.15, -0.1) is 0 Å². The first kappa shape index (κ1) is 20.1. The first-order valence-electron chi connectivity index (χ1n) is 9.46. The third kappa shape index (κ3) is 3.94. The molecule has 0 fully saturated rings. The van der Waals surface area contributed by atoms with Crippen LogP contribution in [0, 0.1) is 0 Å². The summed E-state index contributed by atoms with van der Waals surface area (Å²) < 4.78 is 34.5. The Morgan fingerprint density at radius 3 is 2.57 bits per heavy atom. The lowest BCUT2D eigenvalue weighted by Gasteiger charge is -2.13. The smallest absolute Gasteiger partial charge is 0.232 e. The van der Waals surface area contributed by atoms with Crippen molar-refractivity contribution in [3.05, 3.63) is 42.5 Å². The van der Waals surface area contributed by atoms with E-state index in [2.05, 4.69) is 16.2 Å². The van der Waals surface area contributed by atoms with Crippen molar-refractivity contribution in [1.82, 2.24) is 4.57 Å². The fourth-order valence-electron chi connectivity index (χ4n) is 3.48. The van der Waals surface area contributed by atoms with Gasteiger partial charge in [0.15, 0.2) is 0 Å². The van der Waals surface area contributed by atoms with Gasteiger partial charge in [0.05, 0.1) is 29.8 Å². The summed E-state index contributed by atoms with van der Waals surface area (Å²) in [6.45, 7) is 4.75. The van der Waals surface area contributed by atoms with Gasteiger partial charge in [-0.05, 0) is 37.1 Å². The fraction of sp³-hybridized carbons (Fsp3) is 0.333. The number of ether oxygens (including phenoxy) is 1. The number of anilines is 2. The zero-order chi connectivity index (χ0) is 20.3. The van der Waals surface area contributed by atoms with Gasteiger partial charge in [-0.1, -0.05) is 26.0 Å². The van der Waals surface area contributed by atoms with Crippen LogP contribution in [0.2, 0.25) is 0 Å². The molecule has 0 spiro atoms. The summed E-state index contributed by atoms with van der Waals surface area (Å²) >= 11 is 0. The van der Waals surface area contributed by atoms with Gasteiger partial charge in [-0.25, -0.2) is 8.42 Å². The zero-order valence-electron chi connectivity index (χ0n) is 16.5. The SMILES string of the molecule is CCCn1c(-c2cccc(NS(=O)(=O)CCC)c2)c(N)c2ccc(OC)cc21. The average Bonchev–Trinajstić information content (AvgIpc) is 2.93. The first-order valence-corrected chi connectivity index (χ1v) is 11.1. The second-order valence-electron chi connectivity index (χ2n) is 6.80. The van der Waals surface area contributed by atoms with Crippen molar-refractivity contribution in [2.45, 2.75) is 33.2 Å². The largest absolute Gasteiger partial charge is 0.497 e. The molecule has 150 valence electrons. The van der Waals surface area contributed by atoms with Gasteiger partial charge >= 0.3 is 0 Å². The van der Waals surface area contributed by atoms with Crippen LogP contribution < -0.4 is 15.2 Å². The lowest BCUT2D eigenvalue weighted by Crippen LogP contribution is -2.16. The number of nitrogens with two attached hydrogens (primary N) is 1. The van der Waals surface area contributed by atoms with E-state index >= 15 is 0 Å². The maximum atomic E-state index is 12.1. The molecule has 0 aliphatic carbocycles. The molecule has 0 unspecified atom stereocenters. The number of aryl methyl sites for hydroxylation is 1. The molecule has 0 saturated carbocycles. The molecule has 0 aliphatic rings. The van der Waals surface area contributed by atoms with E-state index in [1.54, 1.807) is 13.2 Å². The van der Waals surface area contributed by atoms with E-state index in [4.69, 9.17) is 10.5 Å². The highest BCUT2D eigenvalue weighted by Crippen LogP contribution is 2.38. The number of fused-ring (bicyclic) bond motifs is 1. The van der Waals surface area contributed by atoms with Crippen molar-refractivity contribution in [3.8, 4) is 17.0 Å². The Morgan fingerprint density at radius 1 is 1.11 bits per heavy atom. The first-order chi connectivity index (χ1) is 13.4. The van der Waals surface area contributed by atoms with E-state index in [9.17, 15) is 8.42 Å². The van der Waals surface area contributed by atoms with Gasteiger partial charge in [0.2, 0.25) is 10.0 Å². The zero-order valence-corrected chi connectivity index (χ0v) is 17.3. The maximum absolute atomic E-state index is 12.1. The molecule has 0 saturated heterocycles. The third-order valence-corrected chi connectivity index (χ3v) is 6.13. The molecule has 3 rings (SSSR count). The van der Waals surface area contributed by atoms with Crippen LogP contribution in [0.25, 0.3) is 22.2 Å². The molecule has 0 amide bonds. The topological polar surface area (TPSA) is 86.4 Å². The van der Waals surface area contributed by atoms with E-state index in [-0.39, 0.29) is 5.75 Å². The standard InChI is InChI=1S/C21H27N3O3S/c1-4-11-24-19-14-17(27-3)9-10-18(19)20(22)21(24)15-7-6-8-16(13-15)23-28(25,26)12-5-2/h6-10,13-14,23H,4-5,11-12,22H2,1-3H3.